The highest BCUT2D eigenvalue weighted by Crippen LogP contribution is 2.10. The van der Waals surface area contributed by atoms with Crippen LogP contribution in [0.1, 0.15) is 5.69 Å². The third kappa shape index (κ3) is 3.27. The second-order valence-electron chi connectivity index (χ2n) is 3.32. The first-order chi connectivity index (χ1) is 7.47. The summed E-state index contributed by atoms with van der Waals surface area (Å²) in [5, 5.41) is 15.5. The summed E-state index contributed by atoms with van der Waals surface area (Å²) in [6.45, 7) is 1.58. The molecule has 0 radical (unpaired) electrons. The number of H-pyrrole nitrogens is 1. The van der Waals surface area contributed by atoms with Gasteiger partial charge in [-0.3, -0.25) is 5.10 Å². The highest BCUT2D eigenvalue weighted by molar-refractivity contribution is 7.89. The number of ether oxygens (including phenoxy) is 1. The van der Waals surface area contributed by atoms with Crippen molar-refractivity contribution in [2.75, 3.05) is 20.3 Å². The lowest BCUT2D eigenvalue weighted by atomic mass is 10.4. The molecule has 0 aliphatic rings. The van der Waals surface area contributed by atoms with E-state index in [-0.39, 0.29) is 18.0 Å². The number of aliphatic hydroxyl groups excluding tert-OH is 1. The van der Waals surface area contributed by atoms with E-state index in [0.29, 0.717) is 5.69 Å². The lowest BCUT2D eigenvalue weighted by Gasteiger charge is -2.10. The Labute approximate surface area is 93.9 Å². The van der Waals surface area contributed by atoms with E-state index in [9.17, 15) is 13.5 Å². The number of aromatic amines is 1. The van der Waals surface area contributed by atoms with Crippen LogP contribution in [0.3, 0.4) is 0 Å². The van der Waals surface area contributed by atoms with E-state index in [1.165, 1.54) is 13.3 Å². The standard InChI is InChI=1S/C8H15N3O4S/c1-6-8(4-9-11-6)16(13,14)10-3-7(12)5-15-2/h4,7,10,12H,3,5H2,1-2H3,(H,9,11). The van der Waals surface area contributed by atoms with Gasteiger partial charge in [0.2, 0.25) is 10.0 Å². The topological polar surface area (TPSA) is 104 Å². The Morgan fingerprint density at radius 2 is 2.38 bits per heavy atom. The van der Waals surface area contributed by atoms with Crippen LogP contribution < -0.4 is 4.72 Å². The number of rotatable bonds is 6. The maximum atomic E-state index is 11.7. The Kier molecular flexibility index (Phi) is 4.42. The summed E-state index contributed by atoms with van der Waals surface area (Å²) in [5.41, 5.74) is 0.453. The summed E-state index contributed by atoms with van der Waals surface area (Å²) < 4.78 is 30.3. The molecule has 92 valence electrons. The highest BCUT2D eigenvalue weighted by atomic mass is 32.2. The van der Waals surface area contributed by atoms with Crippen molar-refractivity contribution in [3.8, 4) is 0 Å². The van der Waals surface area contributed by atoms with E-state index in [4.69, 9.17) is 0 Å². The first kappa shape index (κ1) is 13.1. The van der Waals surface area contributed by atoms with Crippen molar-refractivity contribution in [2.45, 2.75) is 17.9 Å². The molecule has 1 atom stereocenters. The number of hydrogen-bond donors (Lipinski definition) is 3. The Bertz CT molecular complexity index is 428. The van der Waals surface area contributed by atoms with Gasteiger partial charge in [-0.2, -0.15) is 5.10 Å². The van der Waals surface area contributed by atoms with E-state index in [0.717, 1.165) is 0 Å². The van der Waals surface area contributed by atoms with Crippen molar-refractivity contribution in [1.29, 1.82) is 0 Å². The number of aryl methyl sites for hydroxylation is 1. The molecule has 1 aromatic rings. The van der Waals surface area contributed by atoms with Crippen molar-refractivity contribution >= 4 is 10.0 Å². The number of aromatic nitrogens is 2. The molecule has 0 saturated heterocycles. The molecule has 8 heteroatoms. The summed E-state index contributed by atoms with van der Waals surface area (Å²) in [5.74, 6) is 0. The molecule has 7 nitrogen and oxygen atoms in total. The predicted molar refractivity (Wildman–Crippen MR) is 56.4 cm³/mol. The van der Waals surface area contributed by atoms with Crippen LogP contribution in [0.25, 0.3) is 0 Å². The summed E-state index contributed by atoms with van der Waals surface area (Å²) in [6, 6.07) is 0. The normalized spacial score (nSPS) is 13.9. The fourth-order valence-electron chi connectivity index (χ4n) is 1.15. The van der Waals surface area contributed by atoms with Crippen LogP contribution in [-0.4, -0.2) is 50.1 Å². The Hall–Kier alpha value is -0.960. The summed E-state index contributed by atoms with van der Waals surface area (Å²) in [4.78, 5) is 0.0807. The molecule has 1 rings (SSSR count). The second-order valence-corrected chi connectivity index (χ2v) is 5.06. The van der Waals surface area contributed by atoms with Gasteiger partial charge in [0.25, 0.3) is 0 Å². The van der Waals surface area contributed by atoms with Crippen molar-refractivity contribution in [2.24, 2.45) is 0 Å². The van der Waals surface area contributed by atoms with Crippen LogP contribution in [0.4, 0.5) is 0 Å². The molecule has 0 spiro atoms. The van der Waals surface area contributed by atoms with Crippen molar-refractivity contribution in [3.63, 3.8) is 0 Å². The van der Waals surface area contributed by atoms with Crippen LogP contribution >= 0.6 is 0 Å². The number of hydrogen-bond acceptors (Lipinski definition) is 5. The molecule has 1 heterocycles. The van der Waals surface area contributed by atoms with E-state index >= 15 is 0 Å². The van der Waals surface area contributed by atoms with E-state index in [1.54, 1.807) is 6.92 Å². The minimum Gasteiger partial charge on any atom is -0.389 e. The molecule has 0 aliphatic carbocycles. The fraction of sp³-hybridized carbons (Fsp3) is 0.625. The largest absolute Gasteiger partial charge is 0.389 e. The van der Waals surface area contributed by atoms with Crippen LogP contribution in [0.15, 0.2) is 11.1 Å². The highest BCUT2D eigenvalue weighted by Gasteiger charge is 2.19. The van der Waals surface area contributed by atoms with Gasteiger partial charge >= 0.3 is 0 Å². The molecule has 0 bridgehead atoms. The first-order valence-corrected chi connectivity index (χ1v) is 6.12. The molecule has 1 aromatic heterocycles. The number of aliphatic hydroxyl groups is 1. The minimum atomic E-state index is -3.62. The molecule has 0 aliphatic heterocycles. The minimum absolute atomic E-state index is 0.0763. The van der Waals surface area contributed by atoms with Gasteiger partial charge in [-0.25, -0.2) is 13.1 Å². The van der Waals surface area contributed by atoms with Gasteiger partial charge in [-0.15, -0.1) is 0 Å². The van der Waals surface area contributed by atoms with Gasteiger partial charge in [0, 0.05) is 13.7 Å². The third-order valence-electron chi connectivity index (χ3n) is 1.94. The fourth-order valence-corrected chi connectivity index (χ4v) is 2.35. The third-order valence-corrected chi connectivity index (χ3v) is 3.48. The molecule has 3 N–H and O–H groups in total. The Balaban J connectivity index is 2.63. The van der Waals surface area contributed by atoms with Gasteiger partial charge in [0.15, 0.2) is 0 Å². The van der Waals surface area contributed by atoms with Gasteiger partial charge < -0.3 is 9.84 Å². The SMILES string of the molecule is COCC(O)CNS(=O)(=O)c1cn[nH]c1C. The number of nitrogens with one attached hydrogen (secondary N) is 2. The van der Waals surface area contributed by atoms with E-state index in [2.05, 4.69) is 19.7 Å². The van der Waals surface area contributed by atoms with Gasteiger partial charge in [0.05, 0.1) is 24.6 Å². The van der Waals surface area contributed by atoms with Gasteiger partial charge in [0.1, 0.15) is 4.90 Å². The first-order valence-electron chi connectivity index (χ1n) is 4.64. The maximum absolute atomic E-state index is 11.7. The van der Waals surface area contributed by atoms with Crippen LogP contribution in [0.2, 0.25) is 0 Å². The van der Waals surface area contributed by atoms with Crippen LogP contribution in [0, 0.1) is 6.92 Å². The van der Waals surface area contributed by atoms with Crippen LogP contribution in [-0.2, 0) is 14.8 Å². The molecular formula is C8H15N3O4S. The summed E-state index contributed by atoms with van der Waals surface area (Å²) in [6.07, 6.45) is 0.354. The molecule has 1 unspecified atom stereocenters. The Morgan fingerprint density at radius 3 is 2.88 bits per heavy atom. The lowest BCUT2D eigenvalue weighted by molar-refractivity contribution is 0.0679. The van der Waals surface area contributed by atoms with Gasteiger partial charge in [-0.05, 0) is 6.92 Å². The zero-order valence-electron chi connectivity index (χ0n) is 9.10. The van der Waals surface area contributed by atoms with Crippen molar-refractivity contribution < 1.29 is 18.3 Å². The Morgan fingerprint density at radius 1 is 1.69 bits per heavy atom. The second kappa shape index (κ2) is 5.39. The van der Waals surface area contributed by atoms with Gasteiger partial charge in [-0.1, -0.05) is 0 Å². The summed E-state index contributed by atoms with van der Waals surface area (Å²) in [7, 11) is -2.19. The number of methoxy groups -OCH3 is 1. The molecule has 16 heavy (non-hydrogen) atoms. The molecule has 0 saturated carbocycles. The smallest absolute Gasteiger partial charge is 0.244 e. The van der Waals surface area contributed by atoms with Crippen molar-refractivity contribution in [1.82, 2.24) is 14.9 Å². The lowest BCUT2D eigenvalue weighted by Crippen LogP contribution is -2.34. The number of sulfonamides is 1. The summed E-state index contributed by atoms with van der Waals surface area (Å²) >= 11 is 0. The number of nitrogens with zero attached hydrogens (tertiary/aromatic N) is 1. The zero-order chi connectivity index (χ0) is 12.2. The molecule has 0 fully saturated rings. The maximum Gasteiger partial charge on any atom is 0.244 e. The quantitative estimate of drug-likeness (QED) is 0.600. The predicted octanol–water partition coefficient (Wildman–Crippen LogP) is -0.996. The average molecular weight is 249 g/mol. The monoisotopic (exact) mass is 249 g/mol. The molecular weight excluding hydrogens is 234 g/mol. The zero-order valence-corrected chi connectivity index (χ0v) is 9.91. The molecule has 0 aromatic carbocycles. The average Bonchev–Trinajstić information content (AvgIpc) is 2.63. The molecule has 0 amide bonds. The van der Waals surface area contributed by atoms with E-state index < -0.39 is 16.1 Å². The van der Waals surface area contributed by atoms with Crippen LogP contribution in [0.5, 0.6) is 0 Å². The van der Waals surface area contributed by atoms with E-state index in [1.807, 2.05) is 0 Å². The van der Waals surface area contributed by atoms with Crippen molar-refractivity contribution in [3.05, 3.63) is 11.9 Å².